The number of nitrogens with zero attached hydrogens (tertiary/aromatic N) is 1. The fraction of sp³-hybridized carbons (Fsp3) is 0.500. The summed E-state index contributed by atoms with van der Waals surface area (Å²) < 4.78 is 9.11. The average Bonchev–Trinajstić information content (AvgIpc) is 3.02. The third-order valence-corrected chi connectivity index (χ3v) is 7.62. The standard InChI is InChI=1S/C32H41Cl3N4O7/c1-19(2)27(29(42)36-20(3)30(43)39-15-6-9-26(38-39)31(44)45-18-32(33,34)35)37-28(41)21(4)46-25-12-10-23(11-13-25)24-8-5-7-22(17-24)14-16-40/h5,7-8,10-13,17,19-21,26-27,38,40H,6,9,14-16,18H2,1-4H3,(H,36,42)(H,37,41)/t20-,21-,26-,27-/m0/s1. The topological polar surface area (TPSA) is 146 Å². The molecule has 0 saturated carbocycles. The third-order valence-electron chi connectivity index (χ3n) is 7.29. The SMILES string of the molecule is CC(C)[C@H](NC(=O)[C@H](C)Oc1ccc(-c2cccc(CCO)c2)cc1)C(=O)N[C@@H](C)C(=O)N1CCC[C@@H](C(=O)OCC(Cl)(Cl)Cl)N1. The van der Waals surface area contributed by atoms with Gasteiger partial charge in [0.15, 0.2) is 6.10 Å². The van der Waals surface area contributed by atoms with Gasteiger partial charge in [-0.2, -0.15) is 0 Å². The van der Waals surface area contributed by atoms with E-state index in [0.717, 1.165) is 16.7 Å². The molecule has 1 aliphatic rings. The van der Waals surface area contributed by atoms with Crippen molar-refractivity contribution in [3.8, 4) is 16.9 Å². The molecule has 1 aliphatic heterocycles. The molecule has 4 N–H and O–H groups in total. The van der Waals surface area contributed by atoms with E-state index in [1.54, 1.807) is 32.9 Å². The molecule has 0 unspecified atom stereocenters. The summed E-state index contributed by atoms with van der Waals surface area (Å²) in [5.74, 6) is -2.00. The van der Waals surface area contributed by atoms with E-state index in [4.69, 9.17) is 44.3 Å². The van der Waals surface area contributed by atoms with E-state index in [1.807, 2.05) is 36.4 Å². The lowest BCUT2D eigenvalue weighted by Gasteiger charge is -2.34. The quantitative estimate of drug-likeness (QED) is 0.183. The first-order chi connectivity index (χ1) is 21.7. The van der Waals surface area contributed by atoms with E-state index in [9.17, 15) is 24.3 Å². The van der Waals surface area contributed by atoms with E-state index < -0.39 is 58.3 Å². The number of amides is 3. The summed E-state index contributed by atoms with van der Waals surface area (Å²) >= 11 is 16.9. The summed E-state index contributed by atoms with van der Waals surface area (Å²) in [7, 11) is 0. The molecule has 4 atom stereocenters. The van der Waals surface area contributed by atoms with E-state index in [1.165, 1.54) is 11.9 Å². The van der Waals surface area contributed by atoms with Crippen molar-refractivity contribution < 1.29 is 33.8 Å². The molecule has 0 aliphatic carbocycles. The molecule has 1 saturated heterocycles. The summed E-state index contributed by atoms with van der Waals surface area (Å²) in [4.78, 5) is 51.7. The highest BCUT2D eigenvalue weighted by atomic mass is 35.6. The Morgan fingerprint density at radius 2 is 1.70 bits per heavy atom. The number of benzene rings is 2. The maximum absolute atomic E-state index is 13.2. The molecular weight excluding hydrogens is 659 g/mol. The normalized spacial score (nSPS) is 17.1. The number of hydrogen-bond acceptors (Lipinski definition) is 8. The van der Waals surface area contributed by atoms with Gasteiger partial charge in [0.2, 0.25) is 9.70 Å². The zero-order valence-electron chi connectivity index (χ0n) is 26.2. The van der Waals surface area contributed by atoms with Crippen LogP contribution >= 0.6 is 34.8 Å². The van der Waals surface area contributed by atoms with Crippen LogP contribution in [0, 0.1) is 5.92 Å². The van der Waals surface area contributed by atoms with E-state index >= 15 is 0 Å². The molecule has 2 aromatic rings. The number of esters is 1. The van der Waals surface area contributed by atoms with Crippen LogP contribution in [0.5, 0.6) is 5.75 Å². The number of nitrogens with one attached hydrogen (secondary N) is 3. The van der Waals surface area contributed by atoms with Crippen LogP contribution in [-0.2, 0) is 30.3 Å². The van der Waals surface area contributed by atoms with Crippen molar-refractivity contribution in [1.82, 2.24) is 21.1 Å². The van der Waals surface area contributed by atoms with Crippen LogP contribution in [-0.4, -0.2) is 81.6 Å². The van der Waals surface area contributed by atoms with Gasteiger partial charge in [-0.15, -0.1) is 0 Å². The maximum Gasteiger partial charge on any atom is 0.325 e. The smallest absolute Gasteiger partial charge is 0.325 e. The van der Waals surface area contributed by atoms with Crippen molar-refractivity contribution >= 4 is 58.5 Å². The van der Waals surface area contributed by atoms with Crippen LogP contribution in [0.25, 0.3) is 11.1 Å². The number of alkyl halides is 3. The first-order valence-electron chi connectivity index (χ1n) is 15.1. The summed E-state index contributed by atoms with van der Waals surface area (Å²) in [6.07, 6.45) is 0.578. The molecule has 1 fully saturated rings. The molecule has 3 amide bonds. The van der Waals surface area contributed by atoms with Gasteiger partial charge in [-0.1, -0.05) is 85.0 Å². The lowest BCUT2D eigenvalue weighted by Crippen LogP contribution is -2.61. The van der Waals surface area contributed by atoms with Crippen LogP contribution in [0.1, 0.15) is 46.1 Å². The van der Waals surface area contributed by atoms with Crippen molar-refractivity contribution in [3.63, 3.8) is 0 Å². The number of hydrazine groups is 1. The maximum atomic E-state index is 13.2. The highest BCUT2D eigenvalue weighted by Crippen LogP contribution is 2.27. The Labute approximate surface area is 284 Å². The van der Waals surface area contributed by atoms with Crippen molar-refractivity contribution in [2.24, 2.45) is 5.92 Å². The summed E-state index contributed by atoms with van der Waals surface area (Å²) in [5, 5.41) is 15.9. The Hall–Kier alpha value is -3.09. The molecule has 252 valence electrons. The van der Waals surface area contributed by atoms with Gasteiger partial charge in [0.05, 0.1) is 0 Å². The second-order valence-corrected chi connectivity index (χ2v) is 14.0. The van der Waals surface area contributed by atoms with Gasteiger partial charge in [-0.25, -0.2) is 5.43 Å². The van der Waals surface area contributed by atoms with Crippen molar-refractivity contribution in [2.75, 3.05) is 19.8 Å². The van der Waals surface area contributed by atoms with Crippen molar-refractivity contribution in [3.05, 3.63) is 54.1 Å². The van der Waals surface area contributed by atoms with Gasteiger partial charge in [-0.05, 0) is 67.9 Å². The fourth-order valence-electron chi connectivity index (χ4n) is 4.79. The van der Waals surface area contributed by atoms with Crippen LogP contribution in [0.4, 0.5) is 0 Å². The van der Waals surface area contributed by atoms with Crippen molar-refractivity contribution in [1.29, 1.82) is 0 Å². The summed E-state index contributed by atoms with van der Waals surface area (Å²) in [5.41, 5.74) is 5.80. The third kappa shape index (κ3) is 11.3. The number of halogens is 3. The van der Waals surface area contributed by atoms with Gasteiger partial charge in [0.1, 0.15) is 30.5 Å². The molecule has 11 nitrogen and oxygen atoms in total. The second-order valence-electron chi connectivity index (χ2n) is 11.5. The predicted octanol–water partition coefficient (Wildman–Crippen LogP) is 3.71. The lowest BCUT2D eigenvalue weighted by atomic mass is 10.0. The minimum absolute atomic E-state index is 0.0746. The number of rotatable bonds is 13. The molecule has 46 heavy (non-hydrogen) atoms. The second kappa shape index (κ2) is 17.2. The first kappa shape index (κ1) is 37.4. The highest BCUT2D eigenvalue weighted by Gasteiger charge is 2.34. The Morgan fingerprint density at radius 3 is 2.33 bits per heavy atom. The number of carbonyl (C=O) groups is 4. The summed E-state index contributed by atoms with van der Waals surface area (Å²) in [6, 6.07) is 12.4. The highest BCUT2D eigenvalue weighted by molar-refractivity contribution is 6.67. The number of aliphatic hydroxyl groups is 1. The molecule has 1 heterocycles. The zero-order valence-corrected chi connectivity index (χ0v) is 28.5. The number of hydrogen-bond donors (Lipinski definition) is 4. The predicted molar refractivity (Wildman–Crippen MR) is 176 cm³/mol. The van der Waals surface area contributed by atoms with Crippen LogP contribution < -0.4 is 20.8 Å². The Balaban J connectivity index is 1.54. The molecule has 0 bridgehead atoms. The number of carbonyl (C=O) groups excluding carboxylic acids is 4. The number of ether oxygens (including phenoxy) is 2. The van der Waals surface area contributed by atoms with Gasteiger partial charge in [0, 0.05) is 13.2 Å². The van der Waals surface area contributed by atoms with Crippen LogP contribution in [0.15, 0.2) is 48.5 Å². The minimum Gasteiger partial charge on any atom is -0.481 e. The van der Waals surface area contributed by atoms with Crippen LogP contribution in [0.2, 0.25) is 0 Å². The molecular formula is C32H41Cl3N4O7. The van der Waals surface area contributed by atoms with E-state index in [0.29, 0.717) is 31.6 Å². The fourth-order valence-corrected chi connectivity index (χ4v) is 4.96. The number of aliphatic hydroxyl groups excluding tert-OH is 1. The Morgan fingerprint density at radius 1 is 1.00 bits per heavy atom. The molecule has 14 heteroatoms. The Kier molecular flexibility index (Phi) is 14.0. The van der Waals surface area contributed by atoms with Crippen LogP contribution in [0.3, 0.4) is 0 Å². The first-order valence-corrected chi connectivity index (χ1v) is 16.2. The minimum atomic E-state index is -1.76. The van der Waals surface area contributed by atoms with E-state index in [-0.39, 0.29) is 12.5 Å². The molecule has 3 rings (SSSR count). The van der Waals surface area contributed by atoms with Gasteiger partial charge < -0.3 is 25.2 Å². The molecule has 0 aromatic heterocycles. The monoisotopic (exact) mass is 698 g/mol. The molecule has 0 spiro atoms. The Bertz CT molecular complexity index is 1350. The largest absolute Gasteiger partial charge is 0.481 e. The van der Waals surface area contributed by atoms with E-state index in [2.05, 4.69) is 16.1 Å². The molecule has 2 aromatic carbocycles. The van der Waals surface area contributed by atoms with Gasteiger partial charge in [-0.3, -0.25) is 24.2 Å². The average molecular weight is 700 g/mol. The van der Waals surface area contributed by atoms with Gasteiger partial charge >= 0.3 is 5.97 Å². The van der Waals surface area contributed by atoms with Gasteiger partial charge in [0.25, 0.3) is 11.8 Å². The zero-order chi connectivity index (χ0) is 34.0. The lowest BCUT2D eigenvalue weighted by molar-refractivity contribution is -0.152. The summed E-state index contributed by atoms with van der Waals surface area (Å²) in [6.45, 7) is 6.60. The molecule has 0 radical (unpaired) electrons. The van der Waals surface area contributed by atoms with Crippen molar-refractivity contribution in [2.45, 2.75) is 75.0 Å².